The Balaban J connectivity index is 2.03. The minimum absolute atomic E-state index is 0.0443. The first-order chi connectivity index (χ1) is 11.3. The molecule has 3 rings (SSSR count). The van der Waals surface area contributed by atoms with Crippen molar-refractivity contribution < 1.29 is 4.74 Å². The highest BCUT2D eigenvalue weighted by atomic mass is 16.5. The topological polar surface area (TPSA) is 85.5 Å². The lowest BCUT2D eigenvalue weighted by Gasteiger charge is -2.05. The Morgan fingerprint density at radius 3 is 2.70 bits per heavy atom. The number of nitriles is 2. The van der Waals surface area contributed by atoms with Gasteiger partial charge in [0.05, 0.1) is 16.6 Å². The zero-order valence-electron chi connectivity index (χ0n) is 12.2. The maximum atomic E-state index is 9.46. The van der Waals surface area contributed by atoms with Crippen LogP contribution in [0.25, 0.3) is 22.7 Å². The normalized spacial score (nSPS) is 11.0. The minimum Gasteiger partial charge on any atom is -0.478 e. The molecule has 1 aromatic heterocycles. The Labute approximate surface area is 133 Å². The third kappa shape index (κ3) is 3.04. The van der Waals surface area contributed by atoms with E-state index in [1.54, 1.807) is 12.1 Å². The summed E-state index contributed by atoms with van der Waals surface area (Å²) < 4.78 is 5.38. The zero-order chi connectivity index (χ0) is 16.1. The first-order valence-corrected chi connectivity index (χ1v) is 6.97. The lowest BCUT2D eigenvalue weighted by molar-refractivity contribution is 0.367. The number of hydrogen-bond acceptors (Lipinski definition) is 4. The van der Waals surface area contributed by atoms with Gasteiger partial charge in [-0.3, -0.25) is 0 Å². The minimum atomic E-state index is -0.0443. The lowest BCUT2D eigenvalue weighted by atomic mass is 10.1. The number of para-hydroxylation sites is 3. The van der Waals surface area contributed by atoms with Gasteiger partial charge >= 0.3 is 0 Å². The van der Waals surface area contributed by atoms with Gasteiger partial charge < -0.3 is 9.72 Å². The van der Waals surface area contributed by atoms with Crippen LogP contribution in [0.2, 0.25) is 0 Å². The molecule has 0 saturated heterocycles. The van der Waals surface area contributed by atoms with E-state index < -0.39 is 0 Å². The first-order valence-electron chi connectivity index (χ1n) is 6.97. The van der Waals surface area contributed by atoms with E-state index in [0.29, 0.717) is 17.1 Å². The summed E-state index contributed by atoms with van der Waals surface area (Å²) in [5, 5.41) is 18.1. The Morgan fingerprint density at radius 2 is 1.91 bits per heavy atom. The van der Waals surface area contributed by atoms with Gasteiger partial charge in [-0.15, -0.1) is 0 Å². The molecule has 0 bridgehead atoms. The number of allylic oxidation sites excluding steroid dienone is 1. The molecular formula is C18H12N4O. The number of nitrogens with zero attached hydrogens (tertiary/aromatic N) is 3. The summed E-state index contributed by atoms with van der Waals surface area (Å²) in [4.78, 5) is 7.57. The second kappa shape index (κ2) is 6.46. The monoisotopic (exact) mass is 300 g/mol. The van der Waals surface area contributed by atoms with Crippen LogP contribution in [0.4, 0.5) is 0 Å². The van der Waals surface area contributed by atoms with Crippen molar-refractivity contribution in [1.29, 1.82) is 10.5 Å². The fourth-order valence-corrected chi connectivity index (χ4v) is 2.23. The van der Waals surface area contributed by atoms with Crippen molar-refractivity contribution in [2.24, 2.45) is 0 Å². The van der Waals surface area contributed by atoms with Crippen LogP contribution in [0, 0.1) is 22.7 Å². The molecule has 0 atom stereocenters. The van der Waals surface area contributed by atoms with E-state index >= 15 is 0 Å². The number of rotatable bonds is 4. The number of fused-ring (bicyclic) bond motifs is 1. The van der Waals surface area contributed by atoms with Crippen LogP contribution in [-0.4, -0.2) is 16.6 Å². The predicted octanol–water partition coefficient (Wildman–Crippen LogP) is 3.53. The molecule has 0 spiro atoms. The predicted molar refractivity (Wildman–Crippen MR) is 87.1 cm³/mol. The van der Waals surface area contributed by atoms with Gasteiger partial charge in [0, 0.05) is 5.56 Å². The molecule has 0 aliphatic heterocycles. The van der Waals surface area contributed by atoms with Crippen molar-refractivity contribution in [3.63, 3.8) is 0 Å². The van der Waals surface area contributed by atoms with Crippen LogP contribution < -0.4 is 4.74 Å². The largest absolute Gasteiger partial charge is 0.478 e. The summed E-state index contributed by atoms with van der Waals surface area (Å²) in [7, 11) is 0. The number of aromatic amines is 1. The summed E-state index contributed by atoms with van der Waals surface area (Å²) in [5.74, 6) is 1.06. The van der Waals surface area contributed by atoms with Gasteiger partial charge in [-0.1, -0.05) is 30.3 Å². The Kier molecular flexibility index (Phi) is 4.04. The van der Waals surface area contributed by atoms with Crippen molar-refractivity contribution in [3.8, 4) is 17.9 Å². The van der Waals surface area contributed by atoms with Crippen molar-refractivity contribution in [3.05, 3.63) is 59.9 Å². The summed E-state index contributed by atoms with van der Waals surface area (Å²) in [6.07, 6.45) is 1.70. The molecule has 0 amide bonds. The van der Waals surface area contributed by atoms with E-state index in [1.807, 2.05) is 48.5 Å². The highest BCUT2D eigenvalue weighted by Gasteiger charge is 2.09. The van der Waals surface area contributed by atoms with Crippen molar-refractivity contribution >= 4 is 22.7 Å². The molecule has 1 heterocycles. The lowest BCUT2D eigenvalue weighted by Crippen LogP contribution is -1.95. The number of aromatic nitrogens is 2. The molecule has 0 saturated carbocycles. The van der Waals surface area contributed by atoms with Gasteiger partial charge in [0.2, 0.25) is 0 Å². The molecule has 23 heavy (non-hydrogen) atoms. The van der Waals surface area contributed by atoms with Crippen LogP contribution >= 0.6 is 0 Å². The molecule has 110 valence electrons. The molecule has 3 aromatic rings. The van der Waals surface area contributed by atoms with E-state index in [-0.39, 0.29) is 6.61 Å². The van der Waals surface area contributed by atoms with Gasteiger partial charge in [0.25, 0.3) is 0 Å². The molecule has 0 aliphatic rings. The van der Waals surface area contributed by atoms with Crippen molar-refractivity contribution in [2.45, 2.75) is 0 Å². The van der Waals surface area contributed by atoms with Crippen LogP contribution in [0.5, 0.6) is 5.75 Å². The number of ether oxygens (including phenoxy) is 1. The van der Waals surface area contributed by atoms with Gasteiger partial charge in [0.15, 0.2) is 6.61 Å². The summed E-state index contributed by atoms with van der Waals surface area (Å²) in [6, 6.07) is 18.9. The highest BCUT2D eigenvalue weighted by molar-refractivity contribution is 5.91. The van der Waals surface area contributed by atoms with Crippen LogP contribution in [0.15, 0.2) is 48.5 Å². The maximum absolute atomic E-state index is 9.46. The fraction of sp³-hybridized carbons (Fsp3) is 0.0556. The molecule has 5 nitrogen and oxygen atoms in total. The van der Waals surface area contributed by atoms with Crippen molar-refractivity contribution in [1.82, 2.24) is 9.97 Å². The van der Waals surface area contributed by atoms with Crippen LogP contribution in [-0.2, 0) is 0 Å². The van der Waals surface area contributed by atoms with E-state index in [2.05, 4.69) is 16.0 Å². The number of hydrogen-bond donors (Lipinski definition) is 1. The summed E-state index contributed by atoms with van der Waals surface area (Å²) in [6.45, 7) is -0.0443. The third-order valence-electron chi connectivity index (χ3n) is 3.28. The number of nitrogens with one attached hydrogen (secondary N) is 1. The molecule has 1 N–H and O–H groups in total. The fourth-order valence-electron chi connectivity index (χ4n) is 2.23. The third-order valence-corrected chi connectivity index (χ3v) is 3.28. The number of H-pyrrole nitrogens is 1. The standard InChI is InChI=1S/C18H12N4O/c19-9-10-23-17-8-4-1-5-13(17)11-14(12-20)18-21-15-6-2-3-7-16(15)22-18/h1-8,11H,10H2,(H,21,22)/b14-11+. The molecule has 0 fully saturated rings. The number of imidazole rings is 1. The van der Waals surface area contributed by atoms with Crippen LogP contribution in [0.1, 0.15) is 11.4 Å². The maximum Gasteiger partial charge on any atom is 0.174 e. The van der Waals surface area contributed by atoms with E-state index in [0.717, 1.165) is 16.6 Å². The smallest absolute Gasteiger partial charge is 0.174 e. The van der Waals surface area contributed by atoms with Gasteiger partial charge in [-0.05, 0) is 24.3 Å². The molecule has 2 aromatic carbocycles. The van der Waals surface area contributed by atoms with E-state index in [9.17, 15) is 5.26 Å². The van der Waals surface area contributed by atoms with Gasteiger partial charge in [-0.2, -0.15) is 10.5 Å². The van der Waals surface area contributed by atoms with Gasteiger partial charge in [0.1, 0.15) is 23.7 Å². The van der Waals surface area contributed by atoms with Crippen molar-refractivity contribution in [2.75, 3.05) is 6.61 Å². The van der Waals surface area contributed by atoms with E-state index in [4.69, 9.17) is 10.00 Å². The molecule has 5 heteroatoms. The summed E-state index contributed by atoms with van der Waals surface area (Å²) in [5.41, 5.74) is 2.80. The Hall–Kier alpha value is -3.57. The molecule has 0 unspecified atom stereocenters. The van der Waals surface area contributed by atoms with E-state index in [1.165, 1.54) is 0 Å². The second-order valence-electron chi connectivity index (χ2n) is 4.76. The Bertz CT molecular complexity index is 924. The molecule has 0 aliphatic carbocycles. The summed E-state index contributed by atoms with van der Waals surface area (Å²) >= 11 is 0. The Morgan fingerprint density at radius 1 is 1.13 bits per heavy atom. The molecular weight excluding hydrogens is 288 g/mol. The SMILES string of the molecule is N#CCOc1ccccc1/C=C(\C#N)c1nc2ccccc2[nH]1. The quantitative estimate of drug-likeness (QED) is 0.747. The number of benzene rings is 2. The zero-order valence-corrected chi connectivity index (χ0v) is 12.2. The highest BCUT2D eigenvalue weighted by Crippen LogP contribution is 2.24. The molecule has 0 radical (unpaired) electrons. The average molecular weight is 300 g/mol. The first kappa shape index (κ1) is 14.4. The average Bonchev–Trinajstić information content (AvgIpc) is 3.02. The van der Waals surface area contributed by atoms with Gasteiger partial charge in [-0.25, -0.2) is 4.98 Å². The van der Waals surface area contributed by atoms with Crippen LogP contribution in [0.3, 0.4) is 0 Å². The second-order valence-corrected chi connectivity index (χ2v) is 4.76.